The van der Waals surface area contributed by atoms with Crippen LogP contribution in [0.5, 0.6) is 0 Å². The molecule has 0 bridgehead atoms. The number of aryl methyl sites for hydroxylation is 2. The van der Waals surface area contributed by atoms with Crippen LogP contribution in [0.3, 0.4) is 0 Å². The van der Waals surface area contributed by atoms with Crippen molar-refractivity contribution < 1.29 is 13.3 Å². The van der Waals surface area contributed by atoms with Crippen molar-refractivity contribution in [3.05, 3.63) is 64.4 Å². The van der Waals surface area contributed by atoms with Gasteiger partial charge in [0, 0.05) is 34.3 Å². The molecule has 1 nitrogen and oxygen atoms in total. The molecule has 0 N–H and O–H groups in total. The molecular formula is C26H28F2N+. The molecule has 5 rings (SSSR count). The van der Waals surface area contributed by atoms with E-state index in [0.717, 1.165) is 53.6 Å². The summed E-state index contributed by atoms with van der Waals surface area (Å²) in [6.45, 7) is 11.3. The summed E-state index contributed by atoms with van der Waals surface area (Å²) in [6.07, 6.45) is 5.02. The maximum atomic E-state index is 15.5. The minimum Gasteiger partial charge on any atom is -0.207 e. The fraction of sp³-hybridized carbons (Fsp3) is 0.423. The SMILES string of the molecule is CCC1(CC)CC[n+]2ccc3c(F)c(C)cc4c3c2-c2c1ccc(F)c2C4(C)C. The average molecular weight is 393 g/mol. The molecule has 0 saturated heterocycles. The fourth-order valence-electron chi connectivity index (χ4n) is 6.03. The number of nitrogens with zero attached hydrogens (tertiary/aromatic N) is 1. The smallest absolute Gasteiger partial charge is 0.207 e. The second-order valence-electron chi connectivity index (χ2n) is 9.41. The van der Waals surface area contributed by atoms with Gasteiger partial charge in [-0.25, -0.2) is 8.78 Å². The standard InChI is InChI=1S/C26H28F2N/c1-6-26(7-2)11-13-29-12-10-16-20-18(14-15(3)23(16)28)25(4,5)22-19(27)9-8-17(26)21(22)24(20)29/h8-10,12,14H,6-7,11,13H2,1-5H3/q+1. The summed E-state index contributed by atoms with van der Waals surface area (Å²) in [7, 11) is 0. The van der Waals surface area contributed by atoms with E-state index in [0.29, 0.717) is 10.9 Å². The molecule has 1 aliphatic heterocycles. The van der Waals surface area contributed by atoms with Crippen LogP contribution in [0.4, 0.5) is 8.78 Å². The second kappa shape index (κ2) is 5.87. The number of hydrogen-bond donors (Lipinski definition) is 0. The van der Waals surface area contributed by atoms with Gasteiger partial charge in [0.25, 0.3) is 0 Å². The highest BCUT2D eigenvalue weighted by atomic mass is 19.1. The topological polar surface area (TPSA) is 3.88 Å². The summed E-state index contributed by atoms with van der Waals surface area (Å²) in [5.41, 5.74) is 5.14. The summed E-state index contributed by atoms with van der Waals surface area (Å²) in [5.74, 6) is -0.321. The summed E-state index contributed by atoms with van der Waals surface area (Å²) >= 11 is 0. The van der Waals surface area contributed by atoms with Gasteiger partial charge >= 0.3 is 0 Å². The quantitative estimate of drug-likeness (QED) is 0.439. The van der Waals surface area contributed by atoms with E-state index < -0.39 is 5.41 Å². The van der Waals surface area contributed by atoms with Crippen LogP contribution in [-0.2, 0) is 17.4 Å². The Kier molecular flexibility index (Phi) is 3.79. The monoisotopic (exact) mass is 392 g/mol. The number of aromatic nitrogens is 1. The van der Waals surface area contributed by atoms with Crippen molar-refractivity contribution in [3.8, 4) is 11.3 Å². The lowest BCUT2D eigenvalue weighted by molar-refractivity contribution is -0.685. The Morgan fingerprint density at radius 1 is 1.03 bits per heavy atom. The Bertz CT molecular complexity index is 1190. The maximum absolute atomic E-state index is 15.5. The zero-order chi connectivity index (χ0) is 20.7. The number of hydrogen-bond acceptors (Lipinski definition) is 0. The maximum Gasteiger partial charge on any atom is 0.221 e. The highest BCUT2D eigenvalue weighted by molar-refractivity contribution is 6.01. The lowest BCUT2D eigenvalue weighted by Gasteiger charge is -2.37. The Morgan fingerprint density at radius 2 is 1.76 bits per heavy atom. The van der Waals surface area contributed by atoms with Crippen molar-refractivity contribution in [1.29, 1.82) is 0 Å². The van der Waals surface area contributed by atoms with Gasteiger partial charge in [-0.1, -0.05) is 39.8 Å². The van der Waals surface area contributed by atoms with Crippen molar-refractivity contribution >= 4 is 10.8 Å². The normalized spacial score (nSPS) is 18.0. The Hall–Kier alpha value is -2.29. The molecule has 150 valence electrons. The molecule has 2 heterocycles. The van der Waals surface area contributed by atoms with E-state index >= 15 is 8.78 Å². The van der Waals surface area contributed by atoms with Gasteiger partial charge in [-0.05, 0) is 42.5 Å². The van der Waals surface area contributed by atoms with Crippen molar-refractivity contribution in [2.45, 2.75) is 71.3 Å². The molecule has 2 aliphatic rings. The molecule has 0 radical (unpaired) electrons. The molecule has 29 heavy (non-hydrogen) atoms. The first kappa shape index (κ1) is 18.7. The second-order valence-corrected chi connectivity index (χ2v) is 9.41. The minimum atomic E-state index is -0.532. The van der Waals surface area contributed by atoms with Crippen molar-refractivity contribution in [1.82, 2.24) is 0 Å². The number of rotatable bonds is 2. The largest absolute Gasteiger partial charge is 0.221 e. The summed E-state index contributed by atoms with van der Waals surface area (Å²) in [4.78, 5) is 0. The van der Waals surface area contributed by atoms with Crippen molar-refractivity contribution in [2.75, 3.05) is 0 Å². The molecule has 2 aromatic carbocycles. The molecule has 0 saturated carbocycles. The first-order valence-corrected chi connectivity index (χ1v) is 10.8. The third-order valence-corrected chi connectivity index (χ3v) is 7.87. The van der Waals surface area contributed by atoms with Gasteiger partial charge < -0.3 is 0 Å². The van der Waals surface area contributed by atoms with Crippen LogP contribution in [0.1, 0.15) is 69.2 Å². The zero-order valence-corrected chi connectivity index (χ0v) is 17.9. The molecule has 0 spiro atoms. The predicted octanol–water partition coefficient (Wildman–Crippen LogP) is 6.48. The van der Waals surface area contributed by atoms with E-state index in [-0.39, 0.29) is 17.0 Å². The third-order valence-electron chi connectivity index (χ3n) is 7.87. The molecule has 3 heteroatoms. The van der Waals surface area contributed by atoms with Crippen LogP contribution in [0, 0.1) is 18.6 Å². The van der Waals surface area contributed by atoms with Gasteiger partial charge in [-0.15, -0.1) is 0 Å². The minimum absolute atomic E-state index is 0.00690. The van der Waals surface area contributed by atoms with Crippen molar-refractivity contribution in [2.24, 2.45) is 0 Å². The van der Waals surface area contributed by atoms with Crippen molar-refractivity contribution in [3.63, 3.8) is 0 Å². The van der Waals surface area contributed by atoms with Gasteiger partial charge in [0.2, 0.25) is 5.69 Å². The van der Waals surface area contributed by atoms with E-state index in [9.17, 15) is 0 Å². The number of benzene rings is 2. The first-order valence-electron chi connectivity index (χ1n) is 10.8. The highest BCUT2D eigenvalue weighted by Crippen LogP contribution is 2.54. The van der Waals surface area contributed by atoms with Crippen LogP contribution in [0.25, 0.3) is 22.0 Å². The summed E-state index contributed by atoms with van der Waals surface area (Å²) in [6, 6.07) is 7.51. The first-order chi connectivity index (χ1) is 13.8. The molecular weight excluding hydrogens is 364 g/mol. The highest BCUT2D eigenvalue weighted by Gasteiger charge is 2.47. The van der Waals surface area contributed by atoms with Gasteiger partial charge in [0.1, 0.15) is 18.2 Å². The van der Waals surface area contributed by atoms with Gasteiger partial charge in [-0.3, -0.25) is 0 Å². The Balaban J connectivity index is 2.08. The molecule has 0 fully saturated rings. The van der Waals surface area contributed by atoms with E-state index in [4.69, 9.17) is 0 Å². The van der Waals surface area contributed by atoms with E-state index in [1.807, 2.05) is 31.3 Å². The lowest BCUT2D eigenvalue weighted by atomic mass is 9.64. The zero-order valence-electron chi connectivity index (χ0n) is 17.9. The van der Waals surface area contributed by atoms with E-state index in [2.05, 4.69) is 32.3 Å². The van der Waals surface area contributed by atoms with Gasteiger partial charge in [0.15, 0.2) is 6.20 Å². The average Bonchev–Trinajstić information content (AvgIpc) is 2.84. The van der Waals surface area contributed by atoms with E-state index in [1.165, 1.54) is 5.56 Å². The van der Waals surface area contributed by atoms with Crippen LogP contribution in [0.2, 0.25) is 0 Å². The number of pyridine rings is 1. The van der Waals surface area contributed by atoms with Crippen LogP contribution in [0.15, 0.2) is 30.5 Å². The molecule has 1 aromatic heterocycles. The Morgan fingerprint density at radius 3 is 2.45 bits per heavy atom. The third kappa shape index (κ3) is 2.16. The lowest BCUT2D eigenvalue weighted by Crippen LogP contribution is -2.39. The van der Waals surface area contributed by atoms with E-state index in [1.54, 1.807) is 6.07 Å². The van der Waals surface area contributed by atoms with Gasteiger partial charge in [0.05, 0.1) is 10.9 Å². The van der Waals surface area contributed by atoms with Gasteiger partial charge in [-0.2, -0.15) is 4.57 Å². The summed E-state index contributed by atoms with van der Waals surface area (Å²) in [5, 5.41) is 1.61. The molecule has 0 unspecified atom stereocenters. The molecule has 1 aliphatic carbocycles. The Labute approximate surface area is 171 Å². The van der Waals surface area contributed by atoms with Crippen LogP contribution < -0.4 is 4.57 Å². The molecule has 3 aromatic rings. The summed E-state index contributed by atoms with van der Waals surface area (Å²) < 4.78 is 32.9. The molecule has 0 atom stereocenters. The predicted molar refractivity (Wildman–Crippen MR) is 113 cm³/mol. The van der Waals surface area contributed by atoms with Crippen LogP contribution >= 0.6 is 0 Å². The van der Waals surface area contributed by atoms with Crippen LogP contribution in [-0.4, -0.2) is 0 Å². The number of halogens is 2. The molecule has 0 amide bonds. The fourth-order valence-corrected chi connectivity index (χ4v) is 6.03.